The SMILES string of the molecule is CCCN1CCC[C@@]2(CCN(C(=O)Cn3nc(C)c(C)cc3=O)C2)C1=O. The normalized spacial score (nSPS) is 23.1. The summed E-state index contributed by atoms with van der Waals surface area (Å²) in [4.78, 5) is 41.4. The molecule has 26 heavy (non-hydrogen) atoms. The molecule has 142 valence electrons. The van der Waals surface area contributed by atoms with Crippen molar-refractivity contribution in [3.05, 3.63) is 27.7 Å². The van der Waals surface area contributed by atoms with E-state index in [1.165, 1.54) is 10.7 Å². The first-order valence-electron chi connectivity index (χ1n) is 9.49. The molecule has 0 saturated carbocycles. The van der Waals surface area contributed by atoms with Gasteiger partial charge >= 0.3 is 0 Å². The third-order valence-electron chi connectivity index (χ3n) is 5.75. The first kappa shape index (κ1) is 18.6. The highest BCUT2D eigenvalue weighted by Crippen LogP contribution is 2.40. The monoisotopic (exact) mass is 360 g/mol. The van der Waals surface area contributed by atoms with E-state index in [2.05, 4.69) is 12.0 Å². The van der Waals surface area contributed by atoms with Crippen LogP contribution in [0.1, 0.15) is 43.9 Å². The van der Waals surface area contributed by atoms with Gasteiger partial charge in [0.25, 0.3) is 5.56 Å². The molecule has 0 aliphatic carbocycles. The fourth-order valence-corrected chi connectivity index (χ4v) is 4.11. The first-order chi connectivity index (χ1) is 12.4. The lowest BCUT2D eigenvalue weighted by Crippen LogP contribution is -2.50. The lowest BCUT2D eigenvalue weighted by molar-refractivity contribution is -0.146. The fraction of sp³-hybridized carbons (Fsp3) is 0.684. The average Bonchev–Trinajstić information content (AvgIpc) is 3.02. The molecule has 2 amide bonds. The Hall–Kier alpha value is -2.18. The Balaban J connectivity index is 1.70. The number of aromatic nitrogens is 2. The molecule has 1 aromatic heterocycles. The molecule has 3 heterocycles. The van der Waals surface area contributed by atoms with Crippen molar-refractivity contribution in [3.63, 3.8) is 0 Å². The van der Waals surface area contributed by atoms with Crippen molar-refractivity contribution in [3.8, 4) is 0 Å². The number of likely N-dealkylation sites (tertiary alicyclic amines) is 2. The summed E-state index contributed by atoms with van der Waals surface area (Å²) in [6.45, 7) is 8.31. The highest BCUT2D eigenvalue weighted by atomic mass is 16.2. The number of hydrogen-bond acceptors (Lipinski definition) is 4. The Bertz CT molecular complexity index is 771. The third kappa shape index (κ3) is 3.39. The lowest BCUT2D eigenvalue weighted by Gasteiger charge is -2.39. The van der Waals surface area contributed by atoms with Gasteiger partial charge in [-0.3, -0.25) is 14.4 Å². The van der Waals surface area contributed by atoms with Crippen LogP contribution in [-0.2, 0) is 16.1 Å². The molecular weight excluding hydrogens is 332 g/mol. The predicted molar refractivity (Wildman–Crippen MR) is 97.7 cm³/mol. The van der Waals surface area contributed by atoms with Crippen molar-refractivity contribution in [2.45, 2.75) is 53.0 Å². The highest BCUT2D eigenvalue weighted by molar-refractivity contribution is 5.86. The second kappa shape index (κ2) is 7.21. The molecule has 0 radical (unpaired) electrons. The molecule has 1 atom stereocenters. The first-order valence-corrected chi connectivity index (χ1v) is 9.49. The maximum atomic E-state index is 12.9. The number of amides is 2. The number of carbonyl (C=O) groups is 2. The van der Waals surface area contributed by atoms with E-state index in [-0.39, 0.29) is 23.9 Å². The summed E-state index contributed by atoms with van der Waals surface area (Å²) in [6.07, 6.45) is 3.50. The van der Waals surface area contributed by atoms with Gasteiger partial charge in [0.1, 0.15) is 6.54 Å². The molecule has 1 aromatic rings. The van der Waals surface area contributed by atoms with Gasteiger partial charge in [-0.05, 0) is 45.1 Å². The largest absolute Gasteiger partial charge is 0.342 e. The van der Waals surface area contributed by atoms with Crippen LogP contribution in [0.25, 0.3) is 0 Å². The van der Waals surface area contributed by atoms with E-state index in [9.17, 15) is 14.4 Å². The summed E-state index contributed by atoms with van der Waals surface area (Å²) in [5.41, 5.74) is 0.874. The van der Waals surface area contributed by atoms with E-state index in [4.69, 9.17) is 0 Å². The zero-order chi connectivity index (χ0) is 18.9. The number of rotatable bonds is 4. The van der Waals surface area contributed by atoms with Crippen LogP contribution >= 0.6 is 0 Å². The second-order valence-electron chi connectivity index (χ2n) is 7.65. The quantitative estimate of drug-likeness (QED) is 0.806. The van der Waals surface area contributed by atoms with Gasteiger partial charge < -0.3 is 9.80 Å². The van der Waals surface area contributed by atoms with Gasteiger partial charge in [0.15, 0.2) is 0 Å². The van der Waals surface area contributed by atoms with Crippen LogP contribution in [0.5, 0.6) is 0 Å². The molecule has 2 saturated heterocycles. The van der Waals surface area contributed by atoms with Crippen molar-refractivity contribution in [1.29, 1.82) is 0 Å². The van der Waals surface area contributed by atoms with Crippen LogP contribution in [0.4, 0.5) is 0 Å². The Morgan fingerprint density at radius 3 is 2.73 bits per heavy atom. The smallest absolute Gasteiger partial charge is 0.267 e. The number of aryl methyl sites for hydroxylation is 2. The molecule has 3 rings (SSSR count). The van der Waals surface area contributed by atoms with Crippen molar-refractivity contribution < 1.29 is 9.59 Å². The molecule has 0 N–H and O–H groups in total. The summed E-state index contributed by atoms with van der Waals surface area (Å²) in [7, 11) is 0. The maximum Gasteiger partial charge on any atom is 0.267 e. The van der Waals surface area contributed by atoms with Gasteiger partial charge in [-0.15, -0.1) is 0 Å². The van der Waals surface area contributed by atoms with Crippen LogP contribution < -0.4 is 5.56 Å². The highest BCUT2D eigenvalue weighted by Gasteiger charge is 2.49. The summed E-state index contributed by atoms with van der Waals surface area (Å²) >= 11 is 0. The van der Waals surface area contributed by atoms with Crippen molar-refractivity contribution in [1.82, 2.24) is 19.6 Å². The minimum Gasteiger partial charge on any atom is -0.342 e. The average molecular weight is 360 g/mol. The van der Waals surface area contributed by atoms with Crippen molar-refractivity contribution in [2.24, 2.45) is 5.41 Å². The Morgan fingerprint density at radius 1 is 1.23 bits per heavy atom. The van der Waals surface area contributed by atoms with E-state index in [1.54, 1.807) is 4.90 Å². The minimum absolute atomic E-state index is 0.0666. The Labute approximate surface area is 154 Å². The molecule has 2 aliphatic heterocycles. The predicted octanol–water partition coefficient (Wildman–Crippen LogP) is 1.11. The third-order valence-corrected chi connectivity index (χ3v) is 5.75. The van der Waals surface area contributed by atoms with Gasteiger partial charge in [-0.2, -0.15) is 5.10 Å². The lowest BCUT2D eigenvalue weighted by atomic mass is 9.78. The van der Waals surface area contributed by atoms with Crippen LogP contribution in [0, 0.1) is 19.3 Å². The minimum atomic E-state index is -0.426. The van der Waals surface area contributed by atoms with Gasteiger partial charge in [0, 0.05) is 32.2 Å². The molecule has 7 nitrogen and oxygen atoms in total. The van der Waals surface area contributed by atoms with E-state index < -0.39 is 5.41 Å². The van der Waals surface area contributed by atoms with Crippen LogP contribution in [-0.4, -0.2) is 57.6 Å². The van der Waals surface area contributed by atoms with Gasteiger partial charge in [0.2, 0.25) is 11.8 Å². The molecule has 1 spiro atoms. The van der Waals surface area contributed by atoms with Crippen LogP contribution in [0.3, 0.4) is 0 Å². The summed E-state index contributed by atoms with van der Waals surface area (Å²) in [5, 5.41) is 4.22. The standard InChI is InChI=1S/C19H28N4O3/c1-4-8-21-9-5-6-19(18(21)26)7-10-22(13-19)17(25)12-23-16(24)11-14(2)15(3)20-23/h11H,4-10,12-13H2,1-3H3/t19-/m0/s1. The summed E-state index contributed by atoms with van der Waals surface area (Å²) < 4.78 is 1.22. The molecule has 0 unspecified atom stereocenters. The molecule has 2 fully saturated rings. The number of piperidine rings is 1. The fourth-order valence-electron chi connectivity index (χ4n) is 4.11. The van der Waals surface area contributed by atoms with Crippen LogP contribution in [0.15, 0.2) is 10.9 Å². The molecule has 7 heteroatoms. The van der Waals surface area contributed by atoms with E-state index >= 15 is 0 Å². The molecule has 2 aliphatic rings. The summed E-state index contributed by atoms with van der Waals surface area (Å²) in [5.74, 6) is 0.0579. The topological polar surface area (TPSA) is 75.5 Å². The molecule has 0 bridgehead atoms. The number of hydrogen-bond donors (Lipinski definition) is 0. The van der Waals surface area contributed by atoms with Crippen LogP contribution in [0.2, 0.25) is 0 Å². The summed E-state index contributed by atoms with van der Waals surface area (Å²) in [6, 6.07) is 1.51. The number of carbonyl (C=O) groups excluding carboxylic acids is 2. The number of nitrogens with zero attached hydrogens (tertiary/aromatic N) is 4. The van der Waals surface area contributed by atoms with Gasteiger partial charge in [0.05, 0.1) is 11.1 Å². The van der Waals surface area contributed by atoms with Crippen molar-refractivity contribution >= 4 is 11.8 Å². The molecular formula is C19H28N4O3. The molecule has 0 aromatic carbocycles. The zero-order valence-corrected chi connectivity index (χ0v) is 16.0. The Morgan fingerprint density at radius 2 is 2.00 bits per heavy atom. The maximum absolute atomic E-state index is 12.9. The Kier molecular flexibility index (Phi) is 5.16. The zero-order valence-electron chi connectivity index (χ0n) is 16.0. The van der Waals surface area contributed by atoms with E-state index in [0.29, 0.717) is 19.5 Å². The van der Waals surface area contributed by atoms with E-state index in [0.717, 1.165) is 43.6 Å². The second-order valence-corrected chi connectivity index (χ2v) is 7.65. The van der Waals surface area contributed by atoms with Gasteiger partial charge in [-0.1, -0.05) is 6.92 Å². The van der Waals surface area contributed by atoms with Crippen molar-refractivity contribution in [2.75, 3.05) is 26.2 Å². The van der Waals surface area contributed by atoms with Gasteiger partial charge in [-0.25, -0.2) is 4.68 Å². The van der Waals surface area contributed by atoms with E-state index in [1.807, 2.05) is 18.7 Å².